The fourth-order valence-corrected chi connectivity index (χ4v) is 3.11. The van der Waals surface area contributed by atoms with Gasteiger partial charge in [-0.3, -0.25) is 0 Å². The summed E-state index contributed by atoms with van der Waals surface area (Å²) in [5.74, 6) is 3.88. The number of nitrogens with two attached hydrogens (primary N) is 1. The molecule has 3 unspecified atom stereocenters. The van der Waals surface area contributed by atoms with E-state index in [0.717, 1.165) is 24.1 Å². The molecule has 0 aliphatic rings. The SMILES string of the molecule is CCCC(CC(C)C)C(CS)C(C)CN. The first-order valence-corrected chi connectivity index (χ1v) is 7.00. The Balaban J connectivity index is 4.39. The van der Waals surface area contributed by atoms with Crippen LogP contribution < -0.4 is 5.73 Å². The van der Waals surface area contributed by atoms with E-state index in [9.17, 15) is 0 Å². The highest BCUT2D eigenvalue weighted by Gasteiger charge is 2.24. The normalized spacial score (nSPS) is 17.8. The Morgan fingerprint density at radius 2 is 1.80 bits per heavy atom. The average molecular weight is 231 g/mol. The van der Waals surface area contributed by atoms with Gasteiger partial charge in [-0.15, -0.1) is 0 Å². The van der Waals surface area contributed by atoms with E-state index in [1.807, 2.05) is 0 Å². The van der Waals surface area contributed by atoms with E-state index in [-0.39, 0.29) is 0 Å². The van der Waals surface area contributed by atoms with Crippen molar-refractivity contribution < 1.29 is 0 Å². The summed E-state index contributed by atoms with van der Waals surface area (Å²) in [5, 5.41) is 0. The van der Waals surface area contributed by atoms with Gasteiger partial charge >= 0.3 is 0 Å². The standard InChI is InChI=1S/C13H29NS/c1-5-6-12(7-10(2)3)13(9-15)11(4)8-14/h10-13,15H,5-9,14H2,1-4H3. The minimum absolute atomic E-state index is 0.609. The fourth-order valence-electron chi connectivity index (χ4n) is 2.45. The van der Waals surface area contributed by atoms with Gasteiger partial charge in [-0.2, -0.15) is 12.6 Å². The molecule has 2 heteroatoms. The van der Waals surface area contributed by atoms with Crippen LogP contribution in [0.1, 0.15) is 47.0 Å². The van der Waals surface area contributed by atoms with Gasteiger partial charge in [0.15, 0.2) is 0 Å². The largest absolute Gasteiger partial charge is 0.330 e. The highest BCUT2D eigenvalue weighted by atomic mass is 32.1. The summed E-state index contributed by atoms with van der Waals surface area (Å²) in [6.07, 6.45) is 3.93. The smallest absolute Gasteiger partial charge is 0.00485 e. The second-order valence-corrected chi connectivity index (χ2v) is 5.60. The molecular formula is C13H29NS. The zero-order valence-corrected chi connectivity index (χ0v) is 11.8. The molecule has 1 nitrogen and oxygen atoms in total. The van der Waals surface area contributed by atoms with E-state index in [2.05, 4.69) is 40.3 Å². The van der Waals surface area contributed by atoms with E-state index < -0.39 is 0 Å². The minimum Gasteiger partial charge on any atom is -0.330 e. The molecule has 0 radical (unpaired) electrons. The first kappa shape index (κ1) is 15.3. The lowest BCUT2D eigenvalue weighted by atomic mass is 9.77. The van der Waals surface area contributed by atoms with Crippen molar-refractivity contribution in [3.63, 3.8) is 0 Å². The van der Waals surface area contributed by atoms with Crippen LogP contribution in [0.5, 0.6) is 0 Å². The molecule has 0 fully saturated rings. The van der Waals surface area contributed by atoms with E-state index in [1.54, 1.807) is 0 Å². The van der Waals surface area contributed by atoms with Gasteiger partial charge in [0.1, 0.15) is 0 Å². The number of thiol groups is 1. The van der Waals surface area contributed by atoms with Crippen molar-refractivity contribution in [1.82, 2.24) is 0 Å². The number of hydrogen-bond acceptors (Lipinski definition) is 2. The van der Waals surface area contributed by atoms with Crippen LogP contribution in [0.3, 0.4) is 0 Å². The van der Waals surface area contributed by atoms with E-state index in [0.29, 0.717) is 11.8 Å². The van der Waals surface area contributed by atoms with Crippen LogP contribution in [0.4, 0.5) is 0 Å². The van der Waals surface area contributed by atoms with Gasteiger partial charge in [-0.25, -0.2) is 0 Å². The molecule has 0 saturated carbocycles. The molecule has 15 heavy (non-hydrogen) atoms. The van der Waals surface area contributed by atoms with Crippen LogP contribution in [0, 0.1) is 23.7 Å². The Hall–Kier alpha value is 0.310. The Labute approximate surface area is 102 Å². The number of rotatable bonds is 8. The van der Waals surface area contributed by atoms with Crippen molar-refractivity contribution in [2.45, 2.75) is 47.0 Å². The summed E-state index contributed by atoms with van der Waals surface area (Å²) in [7, 11) is 0. The van der Waals surface area contributed by atoms with Gasteiger partial charge in [0.05, 0.1) is 0 Å². The predicted molar refractivity (Wildman–Crippen MR) is 73.4 cm³/mol. The molecule has 0 aromatic carbocycles. The fraction of sp³-hybridized carbons (Fsp3) is 1.00. The van der Waals surface area contributed by atoms with Gasteiger partial charge in [0.25, 0.3) is 0 Å². The average Bonchev–Trinajstić information content (AvgIpc) is 2.18. The molecule has 0 amide bonds. The molecule has 92 valence electrons. The molecule has 0 bridgehead atoms. The quantitative estimate of drug-likeness (QED) is 0.614. The van der Waals surface area contributed by atoms with Crippen LogP contribution >= 0.6 is 12.6 Å². The summed E-state index contributed by atoms with van der Waals surface area (Å²) in [5.41, 5.74) is 5.78. The first-order valence-electron chi connectivity index (χ1n) is 6.37. The monoisotopic (exact) mass is 231 g/mol. The van der Waals surface area contributed by atoms with Crippen LogP contribution in [0.25, 0.3) is 0 Å². The third-order valence-corrected chi connectivity index (χ3v) is 3.77. The molecule has 0 aromatic heterocycles. The molecule has 0 saturated heterocycles. The third kappa shape index (κ3) is 5.82. The zero-order valence-electron chi connectivity index (χ0n) is 10.9. The lowest BCUT2D eigenvalue weighted by molar-refractivity contribution is 0.222. The van der Waals surface area contributed by atoms with Gasteiger partial charge in [0.2, 0.25) is 0 Å². The molecule has 0 rings (SSSR count). The molecule has 0 aromatic rings. The van der Waals surface area contributed by atoms with Gasteiger partial charge in [-0.1, -0.05) is 40.5 Å². The lowest BCUT2D eigenvalue weighted by Crippen LogP contribution is -2.29. The molecule has 0 aliphatic heterocycles. The topological polar surface area (TPSA) is 26.0 Å². The van der Waals surface area contributed by atoms with Crippen LogP contribution in [-0.2, 0) is 0 Å². The summed E-state index contributed by atoms with van der Waals surface area (Å²) < 4.78 is 0. The summed E-state index contributed by atoms with van der Waals surface area (Å²) in [6.45, 7) is 9.96. The Bertz CT molecular complexity index is 147. The summed E-state index contributed by atoms with van der Waals surface area (Å²) in [6, 6.07) is 0. The Kier molecular flexibility index (Phi) is 8.64. The maximum absolute atomic E-state index is 5.78. The zero-order chi connectivity index (χ0) is 11.8. The van der Waals surface area contributed by atoms with Gasteiger partial charge in [0, 0.05) is 0 Å². The van der Waals surface area contributed by atoms with Crippen LogP contribution in [-0.4, -0.2) is 12.3 Å². The third-order valence-electron chi connectivity index (χ3n) is 3.35. The maximum atomic E-state index is 5.78. The molecule has 0 spiro atoms. The second-order valence-electron chi connectivity index (χ2n) is 5.24. The van der Waals surface area contributed by atoms with Crippen molar-refractivity contribution in [2.24, 2.45) is 29.4 Å². The summed E-state index contributed by atoms with van der Waals surface area (Å²) in [4.78, 5) is 0. The van der Waals surface area contributed by atoms with Crippen molar-refractivity contribution in [3.05, 3.63) is 0 Å². The van der Waals surface area contributed by atoms with Crippen LogP contribution in [0.2, 0.25) is 0 Å². The molecule has 2 N–H and O–H groups in total. The van der Waals surface area contributed by atoms with E-state index >= 15 is 0 Å². The lowest BCUT2D eigenvalue weighted by Gasteiger charge is -2.31. The van der Waals surface area contributed by atoms with Crippen molar-refractivity contribution >= 4 is 12.6 Å². The predicted octanol–water partition coefficient (Wildman–Crippen LogP) is 3.59. The molecule has 3 atom stereocenters. The van der Waals surface area contributed by atoms with Crippen molar-refractivity contribution in [1.29, 1.82) is 0 Å². The summed E-state index contributed by atoms with van der Waals surface area (Å²) >= 11 is 4.51. The van der Waals surface area contributed by atoms with E-state index in [1.165, 1.54) is 19.3 Å². The van der Waals surface area contributed by atoms with Gasteiger partial charge < -0.3 is 5.73 Å². The molecule has 0 heterocycles. The second kappa shape index (κ2) is 8.46. The number of hydrogen-bond donors (Lipinski definition) is 2. The molecule has 0 aliphatic carbocycles. The van der Waals surface area contributed by atoms with Crippen molar-refractivity contribution in [2.75, 3.05) is 12.3 Å². The minimum atomic E-state index is 0.609. The maximum Gasteiger partial charge on any atom is -0.00485 e. The van der Waals surface area contributed by atoms with Gasteiger partial charge in [-0.05, 0) is 42.4 Å². The molecular weight excluding hydrogens is 202 g/mol. The Morgan fingerprint density at radius 3 is 2.13 bits per heavy atom. The van der Waals surface area contributed by atoms with E-state index in [4.69, 9.17) is 5.73 Å². The Morgan fingerprint density at radius 1 is 1.20 bits per heavy atom. The first-order chi connectivity index (χ1) is 7.06. The van der Waals surface area contributed by atoms with Crippen molar-refractivity contribution in [3.8, 4) is 0 Å². The van der Waals surface area contributed by atoms with Crippen LogP contribution in [0.15, 0.2) is 0 Å². The highest BCUT2D eigenvalue weighted by molar-refractivity contribution is 7.80. The highest BCUT2D eigenvalue weighted by Crippen LogP contribution is 2.31.